The maximum atomic E-state index is 11.6. The van der Waals surface area contributed by atoms with Crippen LogP contribution in [0.5, 0.6) is 0 Å². The van der Waals surface area contributed by atoms with Gasteiger partial charge in [-0.3, -0.25) is 4.79 Å². The third-order valence-corrected chi connectivity index (χ3v) is 4.98. The minimum absolute atomic E-state index is 0.0900. The maximum absolute atomic E-state index is 11.6. The van der Waals surface area contributed by atoms with Crippen molar-refractivity contribution in [2.24, 2.45) is 11.3 Å². The van der Waals surface area contributed by atoms with Crippen LogP contribution in [-0.4, -0.2) is 5.97 Å². The van der Waals surface area contributed by atoms with Gasteiger partial charge in [-0.05, 0) is 37.2 Å². The smallest absolute Gasteiger partial charge is 0.303 e. The van der Waals surface area contributed by atoms with Crippen LogP contribution in [0, 0.1) is 18.3 Å². The molecule has 3 heteroatoms. The van der Waals surface area contributed by atoms with Crippen molar-refractivity contribution in [3.8, 4) is 0 Å². The predicted molar refractivity (Wildman–Crippen MR) is 76.2 cm³/mol. The second-order valence-electron chi connectivity index (χ2n) is 6.61. The Bertz CT molecular complexity index is 569. The summed E-state index contributed by atoms with van der Waals surface area (Å²) >= 11 is 0. The van der Waals surface area contributed by atoms with Crippen molar-refractivity contribution in [2.45, 2.75) is 52.6 Å². The molecule has 0 radical (unpaired) electrons. The van der Waals surface area contributed by atoms with Crippen molar-refractivity contribution in [3.05, 3.63) is 35.3 Å². The molecule has 0 amide bonds. The van der Waals surface area contributed by atoms with Crippen molar-refractivity contribution in [2.75, 3.05) is 0 Å². The molecule has 1 fully saturated rings. The second kappa shape index (κ2) is 4.51. The van der Waals surface area contributed by atoms with Gasteiger partial charge >= 0.3 is 5.97 Å². The van der Waals surface area contributed by atoms with Crippen LogP contribution in [0.3, 0.4) is 0 Å². The highest BCUT2D eigenvalue weighted by molar-refractivity contribution is 5.66. The van der Waals surface area contributed by atoms with Gasteiger partial charge in [0.25, 0.3) is 0 Å². The third-order valence-electron chi connectivity index (χ3n) is 4.98. The minimum Gasteiger partial charge on any atom is -0.469 e. The molecule has 0 aliphatic heterocycles. The minimum atomic E-state index is -0.232. The lowest BCUT2D eigenvalue weighted by Crippen LogP contribution is -2.43. The molecule has 1 aromatic heterocycles. The van der Waals surface area contributed by atoms with E-state index in [1.54, 1.807) is 6.26 Å². The van der Waals surface area contributed by atoms with Crippen LogP contribution in [0.1, 0.15) is 56.1 Å². The molecule has 0 N–H and O–H groups in total. The zero-order valence-electron chi connectivity index (χ0n) is 12.5. The van der Waals surface area contributed by atoms with Crippen LogP contribution in [0.4, 0.5) is 0 Å². The van der Waals surface area contributed by atoms with Gasteiger partial charge in [-0.1, -0.05) is 19.1 Å². The van der Waals surface area contributed by atoms with Crippen LogP contribution >= 0.6 is 0 Å². The summed E-state index contributed by atoms with van der Waals surface area (Å²) in [6.07, 6.45) is 5.79. The van der Waals surface area contributed by atoms with Gasteiger partial charge in [-0.25, -0.2) is 0 Å². The Balaban J connectivity index is 2.12. The summed E-state index contributed by atoms with van der Waals surface area (Å²) in [7, 11) is 0. The zero-order chi connectivity index (χ0) is 14.5. The molecule has 20 heavy (non-hydrogen) atoms. The average molecular weight is 274 g/mol. The van der Waals surface area contributed by atoms with E-state index in [-0.39, 0.29) is 23.4 Å². The van der Waals surface area contributed by atoms with Crippen molar-refractivity contribution >= 4 is 5.97 Å². The van der Waals surface area contributed by atoms with Gasteiger partial charge in [0.05, 0.1) is 6.26 Å². The van der Waals surface area contributed by atoms with Gasteiger partial charge in [0.15, 0.2) is 0 Å². The molecular formula is C17H22O3. The van der Waals surface area contributed by atoms with Crippen LogP contribution in [0.25, 0.3) is 0 Å². The average Bonchev–Trinajstić information content (AvgIpc) is 2.68. The first kappa shape index (κ1) is 13.5. The number of aryl methyl sites for hydroxylation is 1. The fourth-order valence-corrected chi connectivity index (χ4v) is 4.17. The maximum Gasteiger partial charge on any atom is 0.303 e. The molecular weight excluding hydrogens is 252 g/mol. The standard InChI is InChI=1S/C17H22O3/c1-10-6-5-7-17(4)8-13-14(11(2)9-19-13)16(15(10)17)20-12(3)18/h9,15-16H,1,5-8H2,2-4H3. The summed E-state index contributed by atoms with van der Waals surface area (Å²) in [5.41, 5.74) is 3.46. The quantitative estimate of drug-likeness (QED) is 0.571. The number of carbonyl (C=O) groups is 1. The van der Waals surface area contributed by atoms with Crippen LogP contribution in [0.15, 0.2) is 22.8 Å². The monoisotopic (exact) mass is 274 g/mol. The molecule has 1 heterocycles. The topological polar surface area (TPSA) is 39.4 Å². The van der Waals surface area contributed by atoms with Crippen molar-refractivity contribution in [1.82, 2.24) is 0 Å². The Labute approximate surface area is 120 Å². The number of furan rings is 1. The summed E-state index contributed by atoms with van der Waals surface area (Å²) in [4.78, 5) is 11.6. The fraction of sp³-hybridized carbons (Fsp3) is 0.588. The van der Waals surface area contributed by atoms with Gasteiger partial charge in [0.2, 0.25) is 0 Å². The number of carbonyl (C=O) groups excluding carboxylic acids is 1. The number of esters is 1. The molecule has 3 rings (SSSR count). The van der Waals surface area contributed by atoms with Gasteiger partial charge in [0.1, 0.15) is 11.9 Å². The first-order valence-electron chi connectivity index (χ1n) is 7.34. The summed E-state index contributed by atoms with van der Waals surface area (Å²) in [6.45, 7) is 10.0. The number of hydrogen-bond donors (Lipinski definition) is 0. The van der Waals surface area contributed by atoms with E-state index in [4.69, 9.17) is 9.15 Å². The summed E-state index contributed by atoms with van der Waals surface area (Å²) in [5.74, 6) is 0.968. The first-order valence-corrected chi connectivity index (χ1v) is 7.34. The van der Waals surface area contributed by atoms with E-state index in [1.807, 2.05) is 6.92 Å². The molecule has 0 bridgehead atoms. The van der Waals surface area contributed by atoms with E-state index < -0.39 is 0 Å². The zero-order valence-corrected chi connectivity index (χ0v) is 12.5. The number of fused-ring (bicyclic) bond motifs is 2. The van der Waals surface area contributed by atoms with Crippen LogP contribution in [-0.2, 0) is 16.0 Å². The van der Waals surface area contributed by atoms with E-state index in [2.05, 4.69) is 13.5 Å². The highest BCUT2D eigenvalue weighted by Crippen LogP contribution is 2.57. The summed E-state index contributed by atoms with van der Waals surface area (Å²) in [6, 6.07) is 0. The molecule has 1 saturated carbocycles. The van der Waals surface area contributed by atoms with Crippen molar-refractivity contribution < 1.29 is 13.9 Å². The molecule has 3 nitrogen and oxygen atoms in total. The Morgan fingerprint density at radius 1 is 1.55 bits per heavy atom. The van der Waals surface area contributed by atoms with Gasteiger partial charge in [0, 0.05) is 24.8 Å². The first-order chi connectivity index (χ1) is 9.42. The van der Waals surface area contributed by atoms with E-state index in [9.17, 15) is 4.79 Å². The lowest BCUT2D eigenvalue weighted by atomic mass is 9.57. The van der Waals surface area contributed by atoms with E-state index in [0.29, 0.717) is 0 Å². The third kappa shape index (κ3) is 1.91. The number of hydrogen-bond acceptors (Lipinski definition) is 3. The highest BCUT2D eigenvalue weighted by atomic mass is 16.5. The van der Waals surface area contributed by atoms with Gasteiger partial charge < -0.3 is 9.15 Å². The van der Waals surface area contributed by atoms with Gasteiger partial charge in [-0.15, -0.1) is 0 Å². The molecule has 2 aliphatic carbocycles. The Morgan fingerprint density at radius 3 is 3.00 bits per heavy atom. The molecule has 1 aromatic rings. The van der Waals surface area contributed by atoms with E-state index >= 15 is 0 Å². The summed E-state index contributed by atoms with van der Waals surface area (Å²) in [5, 5.41) is 0. The predicted octanol–water partition coefficient (Wildman–Crippen LogP) is 4.11. The van der Waals surface area contributed by atoms with Crippen molar-refractivity contribution in [3.63, 3.8) is 0 Å². The molecule has 108 valence electrons. The van der Waals surface area contributed by atoms with Gasteiger partial charge in [-0.2, -0.15) is 0 Å². The lowest BCUT2D eigenvalue weighted by Gasteiger charge is -2.48. The van der Waals surface area contributed by atoms with Crippen LogP contribution in [0.2, 0.25) is 0 Å². The normalized spacial score (nSPS) is 32.5. The molecule has 0 spiro atoms. The van der Waals surface area contributed by atoms with E-state index in [1.165, 1.54) is 12.5 Å². The molecule has 2 aliphatic rings. The number of ether oxygens (including phenoxy) is 1. The SMILES string of the molecule is C=C1CCCC2(C)Cc3occ(C)c3C(OC(C)=O)C12. The largest absolute Gasteiger partial charge is 0.469 e. The lowest BCUT2D eigenvalue weighted by molar-refractivity contribution is -0.153. The molecule has 0 aromatic carbocycles. The number of rotatable bonds is 1. The fourth-order valence-electron chi connectivity index (χ4n) is 4.17. The second-order valence-corrected chi connectivity index (χ2v) is 6.61. The Kier molecular flexibility index (Phi) is 3.03. The Morgan fingerprint density at radius 2 is 2.30 bits per heavy atom. The van der Waals surface area contributed by atoms with Crippen LogP contribution < -0.4 is 0 Å². The Hall–Kier alpha value is -1.51. The molecule has 3 atom stereocenters. The summed E-state index contributed by atoms with van der Waals surface area (Å²) < 4.78 is 11.4. The highest BCUT2D eigenvalue weighted by Gasteiger charge is 2.50. The molecule has 3 unspecified atom stereocenters. The van der Waals surface area contributed by atoms with E-state index in [0.717, 1.165) is 42.6 Å². The molecule has 0 saturated heterocycles. The van der Waals surface area contributed by atoms with Crippen molar-refractivity contribution in [1.29, 1.82) is 0 Å².